The fourth-order valence-electron chi connectivity index (χ4n) is 2.50. The van der Waals surface area contributed by atoms with E-state index in [0.29, 0.717) is 16.8 Å². The number of thiocarbonyl (C=S) groups is 1. The molecule has 1 atom stereocenters. The molecule has 0 aromatic heterocycles. The fourth-order valence-corrected chi connectivity index (χ4v) is 2.62. The highest BCUT2D eigenvalue weighted by Crippen LogP contribution is 2.16. The van der Waals surface area contributed by atoms with Gasteiger partial charge in [-0.2, -0.15) is 0 Å². The van der Waals surface area contributed by atoms with Crippen LogP contribution in [0.3, 0.4) is 0 Å². The van der Waals surface area contributed by atoms with E-state index in [4.69, 9.17) is 23.1 Å². The van der Waals surface area contributed by atoms with Gasteiger partial charge in [0.25, 0.3) is 5.91 Å². The van der Waals surface area contributed by atoms with Crippen molar-refractivity contribution in [2.75, 3.05) is 11.9 Å². The van der Waals surface area contributed by atoms with Crippen LogP contribution in [0.5, 0.6) is 0 Å². The minimum absolute atomic E-state index is 0.0716. The minimum Gasteiger partial charge on any atom is -0.481 e. The van der Waals surface area contributed by atoms with E-state index in [0.717, 1.165) is 0 Å². The molecule has 0 saturated carbocycles. The Kier molecular flexibility index (Phi) is 7.46. The smallest absolute Gasteiger partial charge is 0.305 e. The number of benzene rings is 2. The number of hydrogen-bond acceptors (Lipinski definition) is 4. The van der Waals surface area contributed by atoms with E-state index in [-0.39, 0.29) is 18.1 Å². The molecule has 0 heterocycles. The summed E-state index contributed by atoms with van der Waals surface area (Å²) >= 11 is 4.75. The van der Waals surface area contributed by atoms with Crippen molar-refractivity contribution in [3.8, 4) is 0 Å². The van der Waals surface area contributed by atoms with Crippen LogP contribution in [-0.4, -0.2) is 34.5 Å². The average Bonchev–Trinajstić information content (AvgIpc) is 2.65. The van der Waals surface area contributed by atoms with Crippen LogP contribution in [0, 0.1) is 0 Å². The standard InChI is InChI=1S/C19H20N4O4S/c20-19(28)22-14-8-4-7-13(9-14)18(27)21-11-16(24)23-15(10-17(25)26)12-5-2-1-3-6-12/h1-9,15H,10-11H2,(H,21,27)(H,23,24)(H,25,26)(H3,20,22,28). The quantitative estimate of drug-likeness (QED) is 0.423. The Labute approximate surface area is 167 Å². The first-order valence-electron chi connectivity index (χ1n) is 8.36. The SMILES string of the molecule is NC(=S)Nc1cccc(C(=O)NCC(=O)NC(CC(=O)O)c2ccccc2)c1. The molecular weight excluding hydrogens is 380 g/mol. The number of carboxylic acid groups (broad SMARTS) is 1. The molecule has 0 fully saturated rings. The molecule has 0 aliphatic heterocycles. The number of aliphatic carboxylic acids is 1. The van der Waals surface area contributed by atoms with Crippen LogP contribution < -0.4 is 21.7 Å². The molecule has 0 saturated heterocycles. The highest BCUT2D eigenvalue weighted by molar-refractivity contribution is 7.80. The average molecular weight is 400 g/mol. The van der Waals surface area contributed by atoms with Crippen molar-refractivity contribution in [2.24, 2.45) is 5.73 Å². The fraction of sp³-hybridized carbons (Fsp3) is 0.158. The summed E-state index contributed by atoms with van der Waals surface area (Å²) in [6.07, 6.45) is -0.267. The van der Waals surface area contributed by atoms with Crippen molar-refractivity contribution in [3.05, 3.63) is 65.7 Å². The molecule has 0 bridgehead atoms. The maximum Gasteiger partial charge on any atom is 0.305 e. The van der Waals surface area contributed by atoms with Crippen molar-refractivity contribution in [3.63, 3.8) is 0 Å². The Hall–Kier alpha value is -3.46. The summed E-state index contributed by atoms with van der Waals surface area (Å²) < 4.78 is 0. The van der Waals surface area contributed by atoms with Gasteiger partial charge < -0.3 is 26.8 Å². The lowest BCUT2D eigenvalue weighted by Gasteiger charge is -2.17. The normalized spacial score (nSPS) is 11.1. The second kappa shape index (κ2) is 10.0. The predicted octanol–water partition coefficient (Wildman–Crippen LogP) is 1.40. The molecule has 146 valence electrons. The van der Waals surface area contributed by atoms with Gasteiger partial charge in [0, 0.05) is 11.3 Å². The second-order valence-corrected chi connectivity index (χ2v) is 6.32. The topological polar surface area (TPSA) is 134 Å². The van der Waals surface area contributed by atoms with Crippen molar-refractivity contribution < 1.29 is 19.5 Å². The van der Waals surface area contributed by atoms with Gasteiger partial charge in [-0.25, -0.2) is 0 Å². The molecule has 2 aromatic rings. The molecule has 28 heavy (non-hydrogen) atoms. The third kappa shape index (κ3) is 6.69. The summed E-state index contributed by atoms with van der Waals surface area (Å²) in [7, 11) is 0. The predicted molar refractivity (Wildman–Crippen MR) is 109 cm³/mol. The summed E-state index contributed by atoms with van der Waals surface area (Å²) in [6, 6.07) is 14.5. The number of nitrogens with two attached hydrogens (primary N) is 1. The molecule has 0 spiro atoms. The van der Waals surface area contributed by atoms with E-state index >= 15 is 0 Å². The second-order valence-electron chi connectivity index (χ2n) is 5.88. The Morgan fingerprint density at radius 1 is 1.07 bits per heavy atom. The summed E-state index contributed by atoms with van der Waals surface area (Å²) in [4.78, 5) is 35.5. The van der Waals surface area contributed by atoms with Crippen LogP contribution in [0.15, 0.2) is 54.6 Å². The van der Waals surface area contributed by atoms with Gasteiger partial charge in [0.1, 0.15) is 0 Å². The van der Waals surface area contributed by atoms with Crippen molar-refractivity contribution in [2.45, 2.75) is 12.5 Å². The molecule has 0 aliphatic rings. The van der Waals surface area contributed by atoms with E-state index in [1.54, 1.807) is 54.6 Å². The van der Waals surface area contributed by atoms with E-state index < -0.39 is 23.8 Å². The number of anilines is 1. The van der Waals surface area contributed by atoms with Gasteiger partial charge in [-0.15, -0.1) is 0 Å². The molecule has 0 radical (unpaired) electrons. The van der Waals surface area contributed by atoms with Crippen molar-refractivity contribution in [1.82, 2.24) is 10.6 Å². The van der Waals surface area contributed by atoms with Crippen LogP contribution in [0.25, 0.3) is 0 Å². The number of carboxylic acids is 1. The summed E-state index contributed by atoms with van der Waals surface area (Å²) in [6.45, 7) is -0.297. The zero-order valence-electron chi connectivity index (χ0n) is 14.8. The zero-order chi connectivity index (χ0) is 20.5. The molecule has 2 amide bonds. The van der Waals surface area contributed by atoms with Crippen LogP contribution in [0.1, 0.15) is 28.4 Å². The molecule has 0 aliphatic carbocycles. The van der Waals surface area contributed by atoms with Crippen molar-refractivity contribution in [1.29, 1.82) is 0 Å². The number of carbonyl (C=O) groups is 3. The molecular formula is C19H20N4O4S. The van der Waals surface area contributed by atoms with E-state index in [9.17, 15) is 14.4 Å². The van der Waals surface area contributed by atoms with Crippen LogP contribution in [0.4, 0.5) is 5.69 Å². The Balaban J connectivity index is 1.95. The summed E-state index contributed by atoms with van der Waals surface area (Å²) in [5.41, 5.74) is 6.94. The van der Waals surface area contributed by atoms with Crippen LogP contribution in [0.2, 0.25) is 0 Å². The third-order valence-electron chi connectivity index (χ3n) is 3.72. The van der Waals surface area contributed by atoms with Gasteiger partial charge in [-0.1, -0.05) is 36.4 Å². The highest BCUT2D eigenvalue weighted by atomic mass is 32.1. The Morgan fingerprint density at radius 2 is 1.79 bits per heavy atom. The molecule has 1 unspecified atom stereocenters. The Bertz CT molecular complexity index is 873. The van der Waals surface area contributed by atoms with E-state index in [1.807, 2.05) is 0 Å². The lowest BCUT2D eigenvalue weighted by atomic mass is 10.0. The zero-order valence-corrected chi connectivity index (χ0v) is 15.7. The van der Waals surface area contributed by atoms with Gasteiger partial charge in [0.15, 0.2) is 5.11 Å². The summed E-state index contributed by atoms with van der Waals surface area (Å²) in [5.74, 6) is -2.00. The molecule has 9 heteroatoms. The van der Waals surface area contributed by atoms with E-state index in [1.165, 1.54) is 0 Å². The van der Waals surface area contributed by atoms with Gasteiger partial charge in [-0.3, -0.25) is 14.4 Å². The first-order valence-corrected chi connectivity index (χ1v) is 8.77. The largest absolute Gasteiger partial charge is 0.481 e. The molecule has 2 aromatic carbocycles. The van der Waals surface area contributed by atoms with Gasteiger partial charge in [0.2, 0.25) is 5.91 Å². The molecule has 6 N–H and O–H groups in total. The lowest BCUT2D eigenvalue weighted by molar-refractivity contribution is -0.137. The Morgan fingerprint density at radius 3 is 2.43 bits per heavy atom. The first-order chi connectivity index (χ1) is 13.3. The van der Waals surface area contributed by atoms with Crippen molar-refractivity contribution >= 4 is 40.8 Å². The van der Waals surface area contributed by atoms with Gasteiger partial charge in [-0.05, 0) is 36.0 Å². The number of carbonyl (C=O) groups excluding carboxylic acids is 2. The monoisotopic (exact) mass is 400 g/mol. The maximum atomic E-state index is 12.2. The first kappa shape index (κ1) is 20.8. The van der Waals surface area contributed by atoms with E-state index in [2.05, 4.69) is 16.0 Å². The molecule has 2 rings (SSSR count). The molecule has 8 nitrogen and oxygen atoms in total. The highest BCUT2D eigenvalue weighted by Gasteiger charge is 2.18. The minimum atomic E-state index is -1.04. The number of nitrogens with one attached hydrogen (secondary N) is 3. The van der Waals surface area contributed by atoms with Crippen LogP contribution in [-0.2, 0) is 9.59 Å². The number of amides is 2. The summed E-state index contributed by atoms with van der Waals surface area (Å²) in [5, 5.41) is 17.0. The van der Waals surface area contributed by atoms with Gasteiger partial charge >= 0.3 is 5.97 Å². The van der Waals surface area contributed by atoms with Crippen LogP contribution >= 0.6 is 12.2 Å². The van der Waals surface area contributed by atoms with Gasteiger partial charge in [0.05, 0.1) is 19.0 Å². The third-order valence-corrected chi connectivity index (χ3v) is 3.82. The number of rotatable bonds is 8. The maximum absolute atomic E-state index is 12.2. The number of hydrogen-bond donors (Lipinski definition) is 5. The lowest BCUT2D eigenvalue weighted by Crippen LogP contribution is -2.39.